The first-order valence-electron chi connectivity index (χ1n) is 4.02. The number of nitrogens with one attached hydrogen (secondary N) is 1. The molecular weight excluding hydrogens is 211 g/mol. The minimum atomic E-state index is -4.86. The number of aryl methyl sites for hydroxylation is 1. The Morgan fingerprint density at radius 3 is 2.53 bits per heavy atom. The molecule has 0 aliphatic rings. The molecule has 15 heavy (non-hydrogen) atoms. The van der Waals surface area contributed by atoms with Crippen LogP contribution in [0.2, 0.25) is 0 Å². The van der Waals surface area contributed by atoms with E-state index >= 15 is 0 Å². The lowest BCUT2D eigenvalue weighted by molar-refractivity contribution is -0.173. The zero-order valence-corrected chi connectivity index (χ0v) is 7.80. The number of aromatic nitrogens is 2. The van der Waals surface area contributed by atoms with Crippen molar-refractivity contribution in [2.24, 2.45) is 0 Å². The number of carbonyl (C=O) groups is 1. The van der Waals surface area contributed by atoms with E-state index in [2.05, 4.69) is 9.97 Å². The summed E-state index contributed by atoms with van der Waals surface area (Å²) in [5.41, 5.74) is 0.930. The molecule has 0 atom stereocenters. The lowest BCUT2D eigenvalue weighted by atomic mass is 10.4. The van der Waals surface area contributed by atoms with E-state index in [0.29, 0.717) is 5.69 Å². The Kier molecular flexibility index (Phi) is 3.23. The molecule has 1 aromatic rings. The fourth-order valence-corrected chi connectivity index (χ4v) is 0.782. The van der Waals surface area contributed by atoms with Gasteiger partial charge in [-0.15, -0.1) is 0 Å². The van der Waals surface area contributed by atoms with Gasteiger partial charge in [0.25, 0.3) is 0 Å². The van der Waals surface area contributed by atoms with Crippen LogP contribution in [-0.2, 0) is 11.3 Å². The van der Waals surface area contributed by atoms with E-state index in [1.807, 2.05) is 0 Å². The van der Waals surface area contributed by atoms with Crippen molar-refractivity contribution >= 4 is 5.91 Å². The van der Waals surface area contributed by atoms with Gasteiger partial charge in [0.1, 0.15) is 0 Å². The number of hydrogen-bond donors (Lipinski definition) is 1. The quantitative estimate of drug-likeness (QED) is 0.806. The van der Waals surface area contributed by atoms with Crippen molar-refractivity contribution in [2.75, 3.05) is 0 Å². The van der Waals surface area contributed by atoms with E-state index in [0.717, 1.165) is 0 Å². The molecule has 7 heteroatoms. The van der Waals surface area contributed by atoms with E-state index in [4.69, 9.17) is 0 Å². The maximum atomic E-state index is 11.8. The average Bonchev–Trinajstić information content (AvgIpc) is 2.15. The molecule has 0 spiro atoms. The van der Waals surface area contributed by atoms with Gasteiger partial charge in [-0.3, -0.25) is 14.8 Å². The van der Waals surface area contributed by atoms with Gasteiger partial charge in [0.15, 0.2) is 0 Å². The summed E-state index contributed by atoms with van der Waals surface area (Å²) in [6.07, 6.45) is -2.14. The monoisotopic (exact) mass is 219 g/mol. The van der Waals surface area contributed by atoms with Gasteiger partial charge in [-0.05, 0) is 6.92 Å². The van der Waals surface area contributed by atoms with Crippen LogP contribution in [0.4, 0.5) is 13.2 Å². The number of rotatable bonds is 2. The van der Waals surface area contributed by atoms with Crippen LogP contribution in [0.15, 0.2) is 12.4 Å². The molecule has 1 N–H and O–H groups in total. The Morgan fingerprint density at radius 2 is 2.07 bits per heavy atom. The van der Waals surface area contributed by atoms with Crippen LogP contribution >= 0.6 is 0 Å². The number of alkyl halides is 3. The van der Waals surface area contributed by atoms with E-state index in [1.165, 1.54) is 12.4 Å². The summed E-state index contributed by atoms with van der Waals surface area (Å²) in [5, 5.41) is 1.69. The van der Waals surface area contributed by atoms with Gasteiger partial charge in [0, 0.05) is 6.20 Å². The van der Waals surface area contributed by atoms with Gasteiger partial charge in [-0.2, -0.15) is 13.2 Å². The van der Waals surface area contributed by atoms with Gasteiger partial charge in [-0.1, -0.05) is 0 Å². The van der Waals surface area contributed by atoms with Crippen molar-refractivity contribution in [1.29, 1.82) is 0 Å². The number of carbonyl (C=O) groups excluding carboxylic acids is 1. The zero-order valence-electron chi connectivity index (χ0n) is 7.80. The zero-order chi connectivity index (χ0) is 11.5. The molecule has 0 aromatic carbocycles. The molecule has 1 amide bonds. The first-order chi connectivity index (χ1) is 6.89. The van der Waals surface area contributed by atoms with Crippen LogP contribution in [0.3, 0.4) is 0 Å². The Hall–Kier alpha value is -1.66. The predicted molar refractivity (Wildman–Crippen MR) is 44.7 cm³/mol. The average molecular weight is 219 g/mol. The molecule has 0 saturated heterocycles. The summed E-state index contributed by atoms with van der Waals surface area (Å²) in [6.45, 7) is 1.41. The summed E-state index contributed by atoms with van der Waals surface area (Å²) in [4.78, 5) is 18.0. The molecule has 0 aliphatic heterocycles. The van der Waals surface area contributed by atoms with Crippen LogP contribution in [0.25, 0.3) is 0 Å². The minimum Gasteiger partial charge on any atom is -0.343 e. The molecule has 82 valence electrons. The number of halogens is 3. The van der Waals surface area contributed by atoms with Gasteiger partial charge in [0.2, 0.25) is 0 Å². The third-order valence-electron chi connectivity index (χ3n) is 1.52. The molecule has 1 rings (SSSR count). The second kappa shape index (κ2) is 4.24. The normalized spacial score (nSPS) is 11.2. The topological polar surface area (TPSA) is 54.9 Å². The summed E-state index contributed by atoms with van der Waals surface area (Å²) in [6, 6.07) is 0. The van der Waals surface area contributed by atoms with Gasteiger partial charge in [-0.25, -0.2) is 0 Å². The highest BCUT2D eigenvalue weighted by atomic mass is 19.4. The van der Waals surface area contributed by atoms with E-state index < -0.39 is 12.1 Å². The maximum Gasteiger partial charge on any atom is 0.471 e. The fourth-order valence-electron chi connectivity index (χ4n) is 0.782. The van der Waals surface area contributed by atoms with Crippen LogP contribution in [-0.4, -0.2) is 22.1 Å². The Bertz CT molecular complexity index is 347. The van der Waals surface area contributed by atoms with E-state index in [9.17, 15) is 18.0 Å². The molecule has 4 nitrogen and oxygen atoms in total. The van der Waals surface area contributed by atoms with Crippen LogP contribution in [0.1, 0.15) is 11.4 Å². The van der Waals surface area contributed by atoms with Crippen molar-refractivity contribution in [3.05, 3.63) is 23.8 Å². The molecule has 1 aromatic heterocycles. The molecule has 1 heterocycles. The summed E-state index contributed by atoms with van der Waals surface area (Å²) < 4.78 is 35.3. The van der Waals surface area contributed by atoms with Gasteiger partial charge < -0.3 is 5.32 Å². The standard InChI is InChI=1S/C8H8F3N3O/c1-5-2-13-6(3-12-5)4-14-7(15)8(9,10)11/h2-3H,4H2,1H3,(H,14,15). The molecule has 0 saturated carbocycles. The second-order valence-corrected chi connectivity index (χ2v) is 2.83. The Balaban J connectivity index is 2.51. The summed E-state index contributed by atoms with van der Waals surface area (Å²) in [5.74, 6) is -1.98. The molecule has 0 aliphatic carbocycles. The van der Waals surface area contributed by atoms with Crippen molar-refractivity contribution in [1.82, 2.24) is 15.3 Å². The van der Waals surface area contributed by atoms with E-state index in [1.54, 1.807) is 12.2 Å². The maximum absolute atomic E-state index is 11.8. The van der Waals surface area contributed by atoms with Crippen LogP contribution < -0.4 is 5.32 Å². The smallest absolute Gasteiger partial charge is 0.343 e. The fraction of sp³-hybridized carbons (Fsp3) is 0.375. The lowest BCUT2D eigenvalue weighted by Crippen LogP contribution is -2.36. The van der Waals surface area contributed by atoms with Crippen molar-refractivity contribution in [3.8, 4) is 0 Å². The number of amides is 1. The summed E-state index contributed by atoms with van der Waals surface area (Å²) in [7, 11) is 0. The van der Waals surface area contributed by atoms with Crippen molar-refractivity contribution in [3.63, 3.8) is 0 Å². The Morgan fingerprint density at radius 1 is 1.40 bits per heavy atom. The molecule has 0 bridgehead atoms. The SMILES string of the molecule is Cc1cnc(CNC(=O)C(F)(F)F)cn1. The highest BCUT2D eigenvalue weighted by molar-refractivity contribution is 5.81. The van der Waals surface area contributed by atoms with E-state index in [-0.39, 0.29) is 12.2 Å². The highest BCUT2D eigenvalue weighted by Gasteiger charge is 2.38. The first kappa shape index (κ1) is 11.4. The first-order valence-corrected chi connectivity index (χ1v) is 4.02. The number of nitrogens with zero attached hydrogens (tertiary/aromatic N) is 2. The molecule has 0 fully saturated rings. The third kappa shape index (κ3) is 3.53. The minimum absolute atomic E-state index is 0.276. The lowest BCUT2D eigenvalue weighted by Gasteiger charge is -2.06. The van der Waals surface area contributed by atoms with Gasteiger partial charge in [0.05, 0.1) is 24.1 Å². The second-order valence-electron chi connectivity index (χ2n) is 2.83. The Labute approximate surface area is 83.5 Å². The predicted octanol–water partition coefficient (Wildman–Crippen LogP) is 0.964. The van der Waals surface area contributed by atoms with Gasteiger partial charge >= 0.3 is 12.1 Å². The number of hydrogen-bond acceptors (Lipinski definition) is 3. The third-order valence-corrected chi connectivity index (χ3v) is 1.52. The highest BCUT2D eigenvalue weighted by Crippen LogP contribution is 2.14. The van der Waals surface area contributed by atoms with Crippen molar-refractivity contribution in [2.45, 2.75) is 19.6 Å². The molecule has 0 unspecified atom stereocenters. The van der Waals surface area contributed by atoms with Crippen LogP contribution in [0.5, 0.6) is 0 Å². The molecule has 0 radical (unpaired) electrons. The van der Waals surface area contributed by atoms with Crippen molar-refractivity contribution < 1.29 is 18.0 Å². The van der Waals surface area contributed by atoms with Crippen LogP contribution in [0, 0.1) is 6.92 Å². The molecular formula is C8H8F3N3O. The largest absolute Gasteiger partial charge is 0.471 e. The summed E-state index contributed by atoms with van der Waals surface area (Å²) >= 11 is 0.